The number of carbonyl (C=O) groups is 1. The summed E-state index contributed by atoms with van der Waals surface area (Å²) in [5.74, 6) is -0.979. The molecule has 1 aromatic carbocycles. The van der Waals surface area contributed by atoms with Crippen LogP contribution in [0.25, 0.3) is 5.69 Å². The molecule has 0 saturated carbocycles. The van der Waals surface area contributed by atoms with E-state index in [1.165, 1.54) is 17.5 Å². The van der Waals surface area contributed by atoms with Crippen molar-refractivity contribution in [3.63, 3.8) is 0 Å². The Balaban J connectivity index is 2.05. The Hall–Kier alpha value is -2.10. The number of rotatable bonds is 2. The third-order valence-corrected chi connectivity index (χ3v) is 3.45. The van der Waals surface area contributed by atoms with Crippen LogP contribution in [-0.2, 0) is 12.8 Å². The molecular formula is C14H14N2O2. The Labute approximate surface area is 105 Å². The van der Waals surface area contributed by atoms with E-state index < -0.39 is 5.97 Å². The van der Waals surface area contributed by atoms with Crippen molar-refractivity contribution in [1.82, 2.24) is 9.78 Å². The first-order valence-electron chi connectivity index (χ1n) is 6.07. The number of nitrogens with zero attached hydrogens (tertiary/aromatic N) is 2. The number of hydrogen-bond donors (Lipinski definition) is 1. The lowest BCUT2D eigenvalue weighted by Gasteiger charge is -2.04. The Bertz CT molecular complexity index is 629. The van der Waals surface area contributed by atoms with Gasteiger partial charge in [-0.15, -0.1) is 0 Å². The van der Waals surface area contributed by atoms with E-state index in [0.717, 1.165) is 18.5 Å². The molecular weight excluding hydrogens is 228 g/mol. The zero-order chi connectivity index (χ0) is 12.7. The maximum Gasteiger partial charge on any atom is 0.356 e. The van der Waals surface area contributed by atoms with Crippen molar-refractivity contribution in [2.75, 3.05) is 0 Å². The molecule has 0 aliphatic heterocycles. The lowest BCUT2D eigenvalue weighted by molar-refractivity contribution is 0.0689. The zero-order valence-electron chi connectivity index (χ0n) is 10.2. The van der Waals surface area contributed by atoms with E-state index in [1.807, 2.05) is 6.07 Å². The van der Waals surface area contributed by atoms with Gasteiger partial charge in [-0.2, -0.15) is 5.10 Å². The van der Waals surface area contributed by atoms with Gasteiger partial charge < -0.3 is 5.11 Å². The molecule has 1 aliphatic rings. The molecule has 0 fully saturated rings. The SMILES string of the molecule is Cc1cn(-c2ccc3c(c2)CCC3)nc1C(=O)O. The van der Waals surface area contributed by atoms with Gasteiger partial charge in [0.2, 0.25) is 0 Å². The molecule has 0 saturated heterocycles. The molecule has 0 radical (unpaired) electrons. The Morgan fingerprint density at radius 3 is 2.83 bits per heavy atom. The number of aromatic nitrogens is 2. The molecule has 0 amide bonds. The maximum atomic E-state index is 11.0. The van der Waals surface area contributed by atoms with Gasteiger partial charge in [-0.3, -0.25) is 0 Å². The monoisotopic (exact) mass is 242 g/mol. The van der Waals surface area contributed by atoms with Crippen molar-refractivity contribution in [2.24, 2.45) is 0 Å². The van der Waals surface area contributed by atoms with Gasteiger partial charge in [0.25, 0.3) is 0 Å². The van der Waals surface area contributed by atoms with Gasteiger partial charge in [-0.05, 0) is 49.4 Å². The van der Waals surface area contributed by atoms with E-state index in [2.05, 4.69) is 17.2 Å². The second-order valence-corrected chi connectivity index (χ2v) is 4.72. The summed E-state index contributed by atoms with van der Waals surface area (Å²) in [5, 5.41) is 13.1. The normalized spacial score (nSPS) is 13.6. The molecule has 1 heterocycles. The number of aryl methyl sites for hydroxylation is 3. The van der Waals surface area contributed by atoms with Crippen molar-refractivity contribution in [3.8, 4) is 5.69 Å². The summed E-state index contributed by atoms with van der Waals surface area (Å²) in [4.78, 5) is 11.0. The summed E-state index contributed by atoms with van der Waals surface area (Å²) in [6.45, 7) is 1.76. The molecule has 0 bridgehead atoms. The van der Waals surface area contributed by atoms with Crippen LogP contribution < -0.4 is 0 Å². The fourth-order valence-corrected chi connectivity index (χ4v) is 2.50. The molecule has 4 heteroatoms. The molecule has 1 N–H and O–H groups in total. The standard InChI is InChI=1S/C14H14N2O2/c1-9-8-16(15-13(9)14(17)18)12-6-5-10-3-2-4-11(10)7-12/h5-8H,2-4H2,1H3,(H,17,18). The third-order valence-electron chi connectivity index (χ3n) is 3.45. The molecule has 92 valence electrons. The Morgan fingerprint density at radius 1 is 1.33 bits per heavy atom. The van der Waals surface area contributed by atoms with Crippen molar-refractivity contribution in [1.29, 1.82) is 0 Å². The van der Waals surface area contributed by atoms with Crippen molar-refractivity contribution in [2.45, 2.75) is 26.2 Å². The minimum absolute atomic E-state index is 0.121. The van der Waals surface area contributed by atoms with Gasteiger partial charge in [0, 0.05) is 11.8 Å². The predicted octanol–water partition coefficient (Wildman–Crippen LogP) is 2.37. The number of hydrogen-bond acceptors (Lipinski definition) is 2. The minimum Gasteiger partial charge on any atom is -0.476 e. The summed E-state index contributed by atoms with van der Waals surface area (Å²) in [6, 6.07) is 6.23. The fourth-order valence-electron chi connectivity index (χ4n) is 2.50. The van der Waals surface area contributed by atoms with Crippen molar-refractivity contribution >= 4 is 5.97 Å². The van der Waals surface area contributed by atoms with E-state index in [9.17, 15) is 4.79 Å². The van der Waals surface area contributed by atoms with Gasteiger partial charge in [0.1, 0.15) is 0 Å². The first kappa shape index (κ1) is 11.0. The van der Waals surface area contributed by atoms with E-state index in [-0.39, 0.29) is 5.69 Å². The molecule has 3 rings (SSSR count). The Morgan fingerprint density at radius 2 is 2.11 bits per heavy atom. The molecule has 2 aromatic rings. The van der Waals surface area contributed by atoms with Gasteiger partial charge in [-0.25, -0.2) is 9.48 Å². The van der Waals surface area contributed by atoms with Crippen LogP contribution in [0, 0.1) is 6.92 Å². The van der Waals surface area contributed by atoms with Gasteiger partial charge in [0.15, 0.2) is 5.69 Å². The highest BCUT2D eigenvalue weighted by atomic mass is 16.4. The van der Waals surface area contributed by atoms with Gasteiger partial charge >= 0.3 is 5.97 Å². The fraction of sp³-hybridized carbons (Fsp3) is 0.286. The number of fused-ring (bicyclic) bond motifs is 1. The third kappa shape index (κ3) is 1.70. The zero-order valence-corrected chi connectivity index (χ0v) is 10.2. The molecule has 18 heavy (non-hydrogen) atoms. The number of carboxylic acid groups (broad SMARTS) is 1. The van der Waals surface area contributed by atoms with Crippen LogP contribution in [0.1, 0.15) is 33.6 Å². The van der Waals surface area contributed by atoms with E-state index in [1.54, 1.807) is 17.8 Å². The van der Waals surface area contributed by atoms with E-state index in [0.29, 0.717) is 5.56 Å². The summed E-state index contributed by atoms with van der Waals surface area (Å²) >= 11 is 0. The highest BCUT2D eigenvalue weighted by Gasteiger charge is 2.15. The number of benzene rings is 1. The topological polar surface area (TPSA) is 55.1 Å². The smallest absolute Gasteiger partial charge is 0.356 e. The van der Waals surface area contributed by atoms with Crippen LogP contribution in [-0.4, -0.2) is 20.9 Å². The highest BCUT2D eigenvalue weighted by molar-refractivity contribution is 5.86. The lowest BCUT2D eigenvalue weighted by Crippen LogP contribution is -2.02. The van der Waals surface area contributed by atoms with Gasteiger partial charge in [-0.1, -0.05) is 6.07 Å². The van der Waals surface area contributed by atoms with Crippen LogP contribution in [0.2, 0.25) is 0 Å². The number of aromatic carboxylic acids is 1. The van der Waals surface area contributed by atoms with Crippen LogP contribution in [0.5, 0.6) is 0 Å². The molecule has 1 aromatic heterocycles. The molecule has 4 nitrogen and oxygen atoms in total. The van der Waals surface area contributed by atoms with Crippen LogP contribution in [0.3, 0.4) is 0 Å². The minimum atomic E-state index is -0.979. The second kappa shape index (κ2) is 3.98. The van der Waals surface area contributed by atoms with Crippen LogP contribution in [0.15, 0.2) is 24.4 Å². The van der Waals surface area contributed by atoms with Crippen LogP contribution in [0.4, 0.5) is 0 Å². The summed E-state index contributed by atoms with van der Waals surface area (Å²) in [6.07, 6.45) is 5.22. The molecule has 0 atom stereocenters. The predicted molar refractivity (Wildman–Crippen MR) is 67.3 cm³/mol. The largest absolute Gasteiger partial charge is 0.476 e. The number of carboxylic acids is 1. The van der Waals surface area contributed by atoms with E-state index >= 15 is 0 Å². The van der Waals surface area contributed by atoms with Crippen LogP contribution >= 0.6 is 0 Å². The molecule has 1 aliphatic carbocycles. The first-order valence-corrected chi connectivity index (χ1v) is 6.07. The highest BCUT2D eigenvalue weighted by Crippen LogP contribution is 2.24. The quantitative estimate of drug-likeness (QED) is 0.879. The lowest BCUT2D eigenvalue weighted by atomic mass is 10.1. The van der Waals surface area contributed by atoms with Gasteiger partial charge in [0.05, 0.1) is 5.69 Å². The summed E-state index contributed by atoms with van der Waals surface area (Å²) in [7, 11) is 0. The van der Waals surface area contributed by atoms with Crippen molar-refractivity contribution < 1.29 is 9.90 Å². The second-order valence-electron chi connectivity index (χ2n) is 4.72. The summed E-state index contributed by atoms with van der Waals surface area (Å²) < 4.78 is 1.65. The summed E-state index contributed by atoms with van der Waals surface area (Å²) in [5.41, 5.74) is 4.50. The Kier molecular flexibility index (Phi) is 2.44. The maximum absolute atomic E-state index is 11.0. The van der Waals surface area contributed by atoms with E-state index in [4.69, 9.17) is 5.11 Å². The first-order chi connectivity index (χ1) is 8.65. The molecule has 0 unspecified atom stereocenters. The van der Waals surface area contributed by atoms with Crippen molar-refractivity contribution in [3.05, 3.63) is 46.8 Å². The molecule has 0 spiro atoms. The average molecular weight is 242 g/mol. The average Bonchev–Trinajstić information content (AvgIpc) is 2.93.